The van der Waals surface area contributed by atoms with Crippen LogP contribution in [0.2, 0.25) is 0 Å². The predicted molar refractivity (Wildman–Crippen MR) is 184 cm³/mol. The van der Waals surface area contributed by atoms with Crippen LogP contribution < -0.4 is 15.5 Å². The minimum absolute atomic E-state index is 0.000130. The number of amides is 3. The standard InChI is InChI=1S/C34H38N10O3/c1-36-21-26(20-35)25-19-29-30(37-22-25)32(43-15-17-47-18-16-43)41-31(40-29)23-3-7-27(8-4-23)38-34(46)39-28-9-5-24(6-10-28)33(45)44-13-11-42(2)12-14-44/h3-10,19-22,26,35H,11-18H2,1-2H3,(H2,38,39,46). The summed E-state index contributed by atoms with van der Waals surface area (Å²) in [6, 6.07) is 15.8. The molecule has 2 aliphatic rings. The molecule has 2 fully saturated rings. The topological polar surface area (TPSA) is 152 Å². The lowest BCUT2D eigenvalue weighted by molar-refractivity contribution is 0.0664. The van der Waals surface area contributed by atoms with Crippen LogP contribution in [-0.2, 0) is 4.74 Å². The van der Waals surface area contributed by atoms with E-state index in [0.29, 0.717) is 73.2 Å². The molecule has 4 aromatic rings. The molecular formula is C34H38N10O3. The molecule has 3 N–H and O–H groups in total. The Kier molecular flexibility index (Phi) is 9.74. The molecule has 2 aromatic carbocycles. The van der Waals surface area contributed by atoms with Gasteiger partial charge in [-0.25, -0.2) is 14.8 Å². The van der Waals surface area contributed by atoms with E-state index in [1.54, 1.807) is 55.9 Å². The molecule has 0 radical (unpaired) electrons. The van der Waals surface area contributed by atoms with Crippen molar-refractivity contribution in [1.29, 1.82) is 5.41 Å². The van der Waals surface area contributed by atoms with Crippen molar-refractivity contribution in [1.82, 2.24) is 24.8 Å². The van der Waals surface area contributed by atoms with Gasteiger partial charge in [0, 0.05) is 87.4 Å². The molecule has 1 atom stereocenters. The number of rotatable bonds is 8. The van der Waals surface area contributed by atoms with Gasteiger partial charge in [0.05, 0.1) is 24.6 Å². The van der Waals surface area contributed by atoms with Gasteiger partial charge >= 0.3 is 6.03 Å². The molecule has 13 heteroatoms. The van der Waals surface area contributed by atoms with E-state index in [0.717, 1.165) is 30.0 Å². The number of nitrogens with zero attached hydrogens (tertiary/aromatic N) is 7. The van der Waals surface area contributed by atoms with Gasteiger partial charge in [-0.1, -0.05) is 0 Å². The maximum Gasteiger partial charge on any atom is 0.323 e. The summed E-state index contributed by atoms with van der Waals surface area (Å²) in [5.41, 5.74) is 4.72. The van der Waals surface area contributed by atoms with Crippen LogP contribution in [0.1, 0.15) is 21.8 Å². The van der Waals surface area contributed by atoms with E-state index in [2.05, 4.69) is 32.5 Å². The lowest BCUT2D eigenvalue weighted by atomic mass is 10.0. The van der Waals surface area contributed by atoms with Crippen LogP contribution in [-0.4, -0.2) is 116 Å². The quantitative estimate of drug-likeness (QED) is 0.246. The van der Waals surface area contributed by atoms with Crippen molar-refractivity contribution in [3.63, 3.8) is 0 Å². The number of fused-ring (bicyclic) bond motifs is 1. The average molecular weight is 635 g/mol. The molecule has 1 unspecified atom stereocenters. The summed E-state index contributed by atoms with van der Waals surface area (Å²) in [6.45, 7) is 5.71. The van der Waals surface area contributed by atoms with Crippen molar-refractivity contribution in [2.24, 2.45) is 4.99 Å². The van der Waals surface area contributed by atoms with E-state index < -0.39 is 6.03 Å². The molecule has 0 saturated carbocycles. The van der Waals surface area contributed by atoms with Crippen LogP contribution in [0, 0.1) is 5.41 Å². The van der Waals surface area contributed by atoms with Gasteiger partial charge in [0.1, 0.15) is 5.52 Å². The van der Waals surface area contributed by atoms with E-state index in [-0.39, 0.29) is 11.8 Å². The maximum absolute atomic E-state index is 12.8. The lowest BCUT2D eigenvalue weighted by Gasteiger charge is -2.32. The second kappa shape index (κ2) is 14.4. The maximum atomic E-state index is 12.8. The van der Waals surface area contributed by atoms with Gasteiger partial charge in [-0.05, 0) is 67.2 Å². The number of hydrogen-bond acceptors (Lipinski definition) is 10. The van der Waals surface area contributed by atoms with Crippen LogP contribution in [0.5, 0.6) is 0 Å². The van der Waals surface area contributed by atoms with Crippen LogP contribution in [0.4, 0.5) is 22.0 Å². The third-order valence-corrected chi connectivity index (χ3v) is 8.30. The molecule has 2 aromatic heterocycles. The third-order valence-electron chi connectivity index (χ3n) is 8.30. The normalized spacial score (nSPS) is 16.3. The highest BCUT2D eigenvalue weighted by atomic mass is 16.5. The molecule has 0 bridgehead atoms. The second-order valence-electron chi connectivity index (χ2n) is 11.5. The Bertz CT molecular complexity index is 1760. The summed E-state index contributed by atoms with van der Waals surface area (Å²) in [5, 5.41) is 13.5. The van der Waals surface area contributed by atoms with Crippen LogP contribution >= 0.6 is 0 Å². The van der Waals surface area contributed by atoms with Crippen LogP contribution in [0.3, 0.4) is 0 Å². The molecule has 47 heavy (non-hydrogen) atoms. The molecule has 0 spiro atoms. The monoisotopic (exact) mass is 634 g/mol. The molecule has 242 valence electrons. The van der Waals surface area contributed by atoms with Gasteiger partial charge in [-0.15, -0.1) is 0 Å². The average Bonchev–Trinajstić information content (AvgIpc) is 3.11. The minimum atomic E-state index is -0.401. The van der Waals surface area contributed by atoms with Crippen molar-refractivity contribution in [2.45, 2.75) is 5.92 Å². The van der Waals surface area contributed by atoms with E-state index >= 15 is 0 Å². The second-order valence-corrected chi connectivity index (χ2v) is 11.5. The number of pyridine rings is 1. The Morgan fingerprint density at radius 1 is 0.936 bits per heavy atom. The molecular weight excluding hydrogens is 596 g/mol. The van der Waals surface area contributed by atoms with Gasteiger partial charge in [0.2, 0.25) is 0 Å². The number of hydrogen-bond donors (Lipinski definition) is 3. The van der Waals surface area contributed by atoms with Crippen molar-refractivity contribution in [3.8, 4) is 11.4 Å². The first kappa shape index (κ1) is 31.7. The van der Waals surface area contributed by atoms with Gasteiger partial charge in [-0.2, -0.15) is 0 Å². The largest absolute Gasteiger partial charge is 0.378 e. The zero-order valence-electron chi connectivity index (χ0n) is 26.5. The summed E-state index contributed by atoms with van der Waals surface area (Å²) in [4.78, 5) is 50.4. The zero-order chi connectivity index (χ0) is 32.8. The fourth-order valence-corrected chi connectivity index (χ4v) is 5.60. The van der Waals surface area contributed by atoms with Crippen molar-refractivity contribution < 1.29 is 14.3 Å². The number of benzene rings is 2. The number of nitrogens with one attached hydrogen (secondary N) is 3. The van der Waals surface area contributed by atoms with E-state index in [4.69, 9.17) is 25.1 Å². The Hall–Kier alpha value is -5.27. The van der Waals surface area contributed by atoms with Crippen molar-refractivity contribution >= 4 is 52.6 Å². The molecule has 2 saturated heterocycles. The van der Waals surface area contributed by atoms with Crippen LogP contribution in [0.15, 0.2) is 65.8 Å². The predicted octanol–water partition coefficient (Wildman–Crippen LogP) is 3.99. The lowest BCUT2D eigenvalue weighted by Crippen LogP contribution is -2.47. The molecule has 3 amide bonds. The molecule has 2 aliphatic heterocycles. The fourth-order valence-electron chi connectivity index (χ4n) is 5.60. The Morgan fingerprint density at radius 2 is 1.60 bits per heavy atom. The number of carbonyl (C=O) groups excluding carboxylic acids is 2. The Morgan fingerprint density at radius 3 is 2.23 bits per heavy atom. The van der Waals surface area contributed by atoms with E-state index in [9.17, 15) is 9.59 Å². The Balaban J connectivity index is 1.16. The van der Waals surface area contributed by atoms with Crippen molar-refractivity contribution in [2.75, 3.05) is 82.1 Å². The number of morpholine rings is 1. The first-order valence-electron chi connectivity index (χ1n) is 15.6. The number of anilines is 3. The van der Waals surface area contributed by atoms with Gasteiger partial charge in [-0.3, -0.25) is 14.8 Å². The number of likely N-dealkylation sites (N-methyl/N-ethyl adjacent to an activating group) is 1. The van der Waals surface area contributed by atoms with E-state index in [1.165, 1.54) is 6.21 Å². The molecule has 4 heterocycles. The van der Waals surface area contributed by atoms with Crippen LogP contribution in [0.25, 0.3) is 22.4 Å². The van der Waals surface area contributed by atoms with Gasteiger partial charge in [0.25, 0.3) is 5.91 Å². The highest BCUT2D eigenvalue weighted by molar-refractivity contribution is 6.01. The molecule has 0 aliphatic carbocycles. The number of urea groups is 1. The van der Waals surface area contributed by atoms with Crippen molar-refractivity contribution in [3.05, 3.63) is 71.9 Å². The Labute approximate surface area is 273 Å². The highest BCUT2D eigenvalue weighted by Gasteiger charge is 2.22. The number of carbonyl (C=O) groups is 2. The summed E-state index contributed by atoms with van der Waals surface area (Å²) in [7, 11) is 3.73. The number of aliphatic imine (C=N–C) groups is 1. The summed E-state index contributed by atoms with van der Waals surface area (Å²) in [5.74, 6) is 0.949. The van der Waals surface area contributed by atoms with Gasteiger partial charge in [0.15, 0.2) is 11.6 Å². The van der Waals surface area contributed by atoms with Gasteiger partial charge < -0.3 is 35.5 Å². The summed E-state index contributed by atoms with van der Waals surface area (Å²) in [6.07, 6.45) is 4.78. The minimum Gasteiger partial charge on any atom is -0.378 e. The SMILES string of the molecule is CN=CC(C=N)c1cnc2c(N3CCOCC3)nc(-c3ccc(NC(=O)Nc4ccc(C(=O)N5CCN(C)CC5)cc4)cc3)nc2c1. The summed E-state index contributed by atoms with van der Waals surface area (Å²) >= 11 is 0. The zero-order valence-corrected chi connectivity index (χ0v) is 26.5. The first-order chi connectivity index (χ1) is 22.9. The first-order valence-corrected chi connectivity index (χ1v) is 15.6. The smallest absolute Gasteiger partial charge is 0.323 e. The number of piperazine rings is 1. The highest BCUT2D eigenvalue weighted by Crippen LogP contribution is 2.29. The number of aromatic nitrogens is 3. The molecule has 6 rings (SSSR count). The number of ether oxygens (including phenoxy) is 1. The summed E-state index contributed by atoms with van der Waals surface area (Å²) < 4.78 is 5.56. The molecule has 13 nitrogen and oxygen atoms in total. The fraction of sp³-hybridized carbons (Fsp3) is 0.324. The third kappa shape index (κ3) is 7.42. The van der Waals surface area contributed by atoms with E-state index in [1.807, 2.05) is 23.1 Å².